The molecule has 14 heavy (non-hydrogen) atoms. The van der Waals surface area contributed by atoms with Crippen LogP contribution in [0.25, 0.3) is 0 Å². The van der Waals surface area contributed by atoms with E-state index in [1.54, 1.807) is 0 Å². The summed E-state index contributed by atoms with van der Waals surface area (Å²) >= 11 is 3.42. The Bertz CT molecular complexity index is 153. The molecule has 0 saturated carbocycles. The van der Waals surface area contributed by atoms with E-state index >= 15 is 0 Å². The summed E-state index contributed by atoms with van der Waals surface area (Å²) in [6, 6.07) is 0. The van der Waals surface area contributed by atoms with Gasteiger partial charge in [0.05, 0.1) is 0 Å². The van der Waals surface area contributed by atoms with Gasteiger partial charge in [0.15, 0.2) is 0 Å². The van der Waals surface area contributed by atoms with Gasteiger partial charge in [0, 0.05) is 17.3 Å². The van der Waals surface area contributed by atoms with Crippen LogP contribution in [0.1, 0.15) is 46.5 Å². The Hall–Kier alpha value is -0.0500. The molecule has 0 saturated heterocycles. The van der Waals surface area contributed by atoms with Crippen LogP contribution in [0.5, 0.6) is 0 Å². The van der Waals surface area contributed by atoms with Gasteiger partial charge >= 0.3 is 0 Å². The third-order valence-electron chi connectivity index (χ3n) is 2.20. The first-order valence-corrected chi connectivity index (χ1v) is 6.45. The van der Waals surface area contributed by atoms with Gasteiger partial charge in [-0.15, -0.1) is 0 Å². The fraction of sp³-hybridized carbons (Fsp3) is 0.909. The van der Waals surface area contributed by atoms with Crippen molar-refractivity contribution in [3.8, 4) is 0 Å². The highest BCUT2D eigenvalue weighted by Gasteiger charge is 2.16. The van der Waals surface area contributed by atoms with Crippen molar-refractivity contribution in [2.75, 3.05) is 6.54 Å². The van der Waals surface area contributed by atoms with Gasteiger partial charge in [-0.25, -0.2) is 0 Å². The summed E-state index contributed by atoms with van der Waals surface area (Å²) in [5, 5.41) is 2.97. The molecule has 0 rings (SSSR count). The van der Waals surface area contributed by atoms with Crippen LogP contribution in [0, 0.1) is 5.92 Å². The fourth-order valence-corrected chi connectivity index (χ4v) is 1.65. The lowest BCUT2D eigenvalue weighted by Crippen LogP contribution is -2.34. The van der Waals surface area contributed by atoms with E-state index < -0.39 is 0 Å². The normalized spacial score (nSPS) is 12.9. The van der Waals surface area contributed by atoms with Crippen LogP contribution < -0.4 is 5.32 Å². The first kappa shape index (κ1) is 13.9. The molecule has 2 nitrogen and oxygen atoms in total. The molecule has 0 spiro atoms. The van der Waals surface area contributed by atoms with Crippen LogP contribution in [0.15, 0.2) is 0 Å². The number of hydrogen-bond donors (Lipinski definition) is 1. The number of amides is 1. The number of alkyl halides is 1. The number of carbonyl (C=O) groups excluding carboxylic acids is 1. The Morgan fingerprint density at radius 1 is 1.29 bits per heavy atom. The molecule has 0 bridgehead atoms. The quantitative estimate of drug-likeness (QED) is 0.703. The number of rotatable bonds is 7. The van der Waals surface area contributed by atoms with Crippen molar-refractivity contribution < 1.29 is 4.79 Å². The predicted molar refractivity (Wildman–Crippen MR) is 64.7 cm³/mol. The van der Waals surface area contributed by atoms with E-state index in [-0.39, 0.29) is 11.8 Å². The Kier molecular flexibility index (Phi) is 8.24. The third-order valence-corrected chi connectivity index (χ3v) is 2.53. The van der Waals surface area contributed by atoms with E-state index in [1.165, 1.54) is 0 Å². The number of hydrogen-bond acceptors (Lipinski definition) is 1. The van der Waals surface area contributed by atoms with E-state index in [9.17, 15) is 4.79 Å². The van der Waals surface area contributed by atoms with Gasteiger partial charge in [-0.05, 0) is 12.8 Å². The van der Waals surface area contributed by atoms with Crippen molar-refractivity contribution in [3.05, 3.63) is 0 Å². The zero-order valence-corrected chi connectivity index (χ0v) is 11.1. The Morgan fingerprint density at radius 2 is 1.79 bits per heavy atom. The second kappa shape index (κ2) is 8.27. The number of halogens is 1. The highest BCUT2D eigenvalue weighted by atomic mass is 79.9. The van der Waals surface area contributed by atoms with Crippen LogP contribution in [-0.4, -0.2) is 17.3 Å². The molecular formula is C11H22BrNO. The molecule has 1 N–H and O–H groups in total. The fourth-order valence-electron chi connectivity index (χ4n) is 1.49. The lowest BCUT2D eigenvalue weighted by atomic mass is 9.97. The molecule has 0 fully saturated rings. The molecule has 0 aliphatic heterocycles. The molecule has 0 aromatic rings. The van der Waals surface area contributed by atoms with Crippen molar-refractivity contribution in [3.63, 3.8) is 0 Å². The standard InChI is InChI=1S/C11H22BrNO/c1-4-6-10(7-5-2)11(14)13-8-9(3)12/h9-10H,4-8H2,1-3H3,(H,13,14). The molecule has 0 heterocycles. The van der Waals surface area contributed by atoms with Gasteiger partial charge in [0.25, 0.3) is 0 Å². The van der Waals surface area contributed by atoms with Crippen LogP contribution in [0.3, 0.4) is 0 Å². The molecule has 1 atom stereocenters. The van der Waals surface area contributed by atoms with Crippen molar-refractivity contribution in [2.45, 2.75) is 51.3 Å². The molecular weight excluding hydrogens is 242 g/mol. The maximum Gasteiger partial charge on any atom is 0.223 e. The Morgan fingerprint density at radius 3 is 2.14 bits per heavy atom. The van der Waals surface area contributed by atoms with Crippen LogP contribution in [-0.2, 0) is 4.79 Å². The van der Waals surface area contributed by atoms with Gasteiger partial charge in [0.1, 0.15) is 0 Å². The largest absolute Gasteiger partial charge is 0.355 e. The molecule has 0 aromatic heterocycles. The lowest BCUT2D eigenvalue weighted by Gasteiger charge is -2.15. The minimum absolute atomic E-state index is 0.219. The maximum absolute atomic E-state index is 11.7. The summed E-state index contributed by atoms with van der Waals surface area (Å²) in [4.78, 5) is 12.1. The second-order valence-electron chi connectivity index (χ2n) is 3.80. The monoisotopic (exact) mass is 263 g/mol. The Labute approximate surface area is 96.0 Å². The first-order valence-electron chi connectivity index (χ1n) is 5.53. The summed E-state index contributed by atoms with van der Waals surface area (Å²) in [6.07, 6.45) is 4.19. The molecule has 1 amide bonds. The number of carbonyl (C=O) groups is 1. The highest BCUT2D eigenvalue weighted by Crippen LogP contribution is 2.13. The van der Waals surface area contributed by atoms with Crippen molar-refractivity contribution in [1.82, 2.24) is 5.32 Å². The summed E-state index contributed by atoms with van der Waals surface area (Å²) in [6.45, 7) is 7.02. The van der Waals surface area contributed by atoms with Crippen molar-refractivity contribution >= 4 is 21.8 Å². The molecule has 0 aliphatic carbocycles. The van der Waals surface area contributed by atoms with E-state index in [4.69, 9.17) is 0 Å². The average molecular weight is 264 g/mol. The molecule has 84 valence electrons. The summed E-state index contributed by atoms with van der Waals surface area (Å²) < 4.78 is 0. The molecule has 0 aromatic carbocycles. The Balaban J connectivity index is 3.88. The van der Waals surface area contributed by atoms with Gasteiger partial charge in [0.2, 0.25) is 5.91 Å². The summed E-state index contributed by atoms with van der Waals surface area (Å²) in [5.74, 6) is 0.441. The van der Waals surface area contributed by atoms with E-state index in [2.05, 4.69) is 35.1 Å². The minimum atomic E-state index is 0.219. The summed E-state index contributed by atoms with van der Waals surface area (Å²) in [5.41, 5.74) is 0. The maximum atomic E-state index is 11.7. The lowest BCUT2D eigenvalue weighted by molar-refractivity contribution is -0.125. The highest BCUT2D eigenvalue weighted by molar-refractivity contribution is 9.09. The van der Waals surface area contributed by atoms with Crippen molar-refractivity contribution in [1.29, 1.82) is 0 Å². The van der Waals surface area contributed by atoms with Gasteiger partial charge in [-0.2, -0.15) is 0 Å². The van der Waals surface area contributed by atoms with E-state index in [0.717, 1.165) is 32.2 Å². The van der Waals surface area contributed by atoms with Crippen LogP contribution in [0.2, 0.25) is 0 Å². The molecule has 1 unspecified atom stereocenters. The summed E-state index contributed by atoms with van der Waals surface area (Å²) in [7, 11) is 0. The average Bonchev–Trinajstić information content (AvgIpc) is 2.14. The SMILES string of the molecule is CCCC(CCC)C(=O)NCC(C)Br. The van der Waals surface area contributed by atoms with Crippen LogP contribution >= 0.6 is 15.9 Å². The van der Waals surface area contributed by atoms with Gasteiger partial charge in [-0.3, -0.25) is 4.79 Å². The van der Waals surface area contributed by atoms with E-state index in [0.29, 0.717) is 4.83 Å². The molecule has 0 radical (unpaired) electrons. The zero-order valence-electron chi connectivity index (χ0n) is 9.48. The third kappa shape index (κ3) is 6.41. The molecule has 3 heteroatoms. The smallest absolute Gasteiger partial charge is 0.223 e. The minimum Gasteiger partial charge on any atom is -0.355 e. The number of nitrogens with one attached hydrogen (secondary N) is 1. The molecule has 0 aliphatic rings. The van der Waals surface area contributed by atoms with Gasteiger partial charge in [-0.1, -0.05) is 49.5 Å². The van der Waals surface area contributed by atoms with E-state index in [1.807, 2.05) is 6.92 Å². The predicted octanol–water partition coefficient (Wildman–Crippen LogP) is 3.10. The zero-order chi connectivity index (χ0) is 11.0. The van der Waals surface area contributed by atoms with Crippen molar-refractivity contribution in [2.24, 2.45) is 5.92 Å². The van der Waals surface area contributed by atoms with Crippen LogP contribution in [0.4, 0.5) is 0 Å². The first-order chi connectivity index (χ1) is 6.61. The van der Waals surface area contributed by atoms with Gasteiger partial charge < -0.3 is 5.32 Å². The topological polar surface area (TPSA) is 29.1 Å². The second-order valence-corrected chi connectivity index (χ2v) is 5.36.